The van der Waals surface area contributed by atoms with Crippen LogP contribution in [-0.2, 0) is 11.2 Å². The van der Waals surface area contributed by atoms with Crippen LogP contribution in [0.2, 0.25) is 0 Å². The molecule has 1 aliphatic rings. The Kier molecular flexibility index (Phi) is 4.65. The van der Waals surface area contributed by atoms with E-state index >= 15 is 0 Å². The minimum Gasteiger partial charge on any atom is -0.493 e. The summed E-state index contributed by atoms with van der Waals surface area (Å²) >= 11 is 0. The number of carbonyl (C=O) groups excluding carboxylic acids is 1. The number of carboxylic acid groups (broad SMARTS) is 1. The van der Waals surface area contributed by atoms with Crippen LogP contribution in [0.1, 0.15) is 22.3 Å². The fraction of sp³-hybridized carbons (Fsp3) is 0.222. The lowest BCUT2D eigenvalue weighted by molar-refractivity contribution is -0.139. The minimum atomic E-state index is -1.05. The fourth-order valence-electron chi connectivity index (χ4n) is 2.49. The molecule has 3 rings (SSSR count). The SMILES string of the molecule is O=C(O)COc1ccc(C(=O)Nc2ccc3c(c2)CCCO3)cc1. The summed E-state index contributed by atoms with van der Waals surface area (Å²) in [6.07, 6.45) is 1.91. The van der Waals surface area contributed by atoms with Crippen molar-refractivity contribution >= 4 is 17.6 Å². The zero-order chi connectivity index (χ0) is 16.9. The van der Waals surface area contributed by atoms with Crippen LogP contribution < -0.4 is 14.8 Å². The van der Waals surface area contributed by atoms with E-state index < -0.39 is 12.6 Å². The van der Waals surface area contributed by atoms with Crippen LogP contribution in [0.5, 0.6) is 11.5 Å². The van der Waals surface area contributed by atoms with Gasteiger partial charge in [0, 0.05) is 11.3 Å². The van der Waals surface area contributed by atoms with Gasteiger partial charge in [0.2, 0.25) is 0 Å². The highest BCUT2D eigenvalue weighted by atomic mass is 16.5. The van der Waals surface area contributed by atoms with Crippen LogP contribution in [0, 0.1) is 0 Å². The molecule has 24 heavy (non-hydrogen) atoms. The molecule has 2 aromatic rings. The number of carbonyl (C=O) groups is 2. The summed E-state index contributed by atoms with van der Waals surface area (Å²) in [5, 5.41) is 11.4. The molecule has 1 aliphatic heterocycles. The smallest absolute Gasteiger partial charge is 0.341 e. The van der Waals surface area contributed by atoms with E-state index in [-0.39, 0.29) is 5.91 Å². The van der Waals surface area contributed by atoms with E-state index in [1.165, 1.54) is 0 Å². The van der Waals surface area contributed by atoms with Gasteiger partial charge in [-0.2, -0.15) is 0 Å². The van der Waals surface area contributed by atoms with Gasteiger partial charge < -0.3 is 19.9 Å². The van der Waals surface area contributed by atoms with Crippen LogP contribution in [0.4, 0.5) is 5.69 Å². The van der Waals surface area contributed by atoms with Crippen molar-refractivity contribution in [3.63, 3.8) is 0 Å². The van der Waals surface area contributed by atoms with Crippen molar-refractivity contribution in [3.05, 3.63) is 53.6 Å². The third-order valence-corrected chi connectivity index (χ3v) is 3.65. The van der Waals surface area contributed by atoms with E-state index in [0.717, 1.165) is 36.4 Å². The van der Waals surface area contributed by atoms with Crippen molar-refractivity contribution < 1.29 is 24.2 Å². The number of anilines is 1. The molecule has 1 amide bonds. The molecule has 0 aromatic heterocycles. The minimum absolute atomic E-state index is 0.239. The third kappa shape index (κ3) is 3.84. The van der Waals surface area contributed by atoms with Gasteiger partial charge in [-0.15, -0.1) is 0 Å². The second kappa shape index (κ2) is 7.04. The lowest BCUT2D eigenvalue weighted by atomic mass is 10.1. The van der Waals surface area contributed by atoms with Crippen molar-refractivity contribution in [1.29, 1.82) is 0 Å². The molecule has 6 heteroatoms. The first-order chi connectivity index (χ1) is 11.6. The highest BCUT2D eigenvalue weighted by Gasteiger charge is 2.12. The molecule has 0 fully saturated rings. The van der Waals surface area contributed by atoms with Crippen LogP contribution >= 0.6 is 0 Å². The molecular weight excluding hydrogens is 310 g/mol. The molecule has 0 aliphatic carbocycles. The first-order valence-electron chi connectivity index (χ1n) is 7.63. The predicted molar refractivity (Wildman–Crippen MR) is 87.8 cm³/mol. The highest BCUT2D eigenvalue weighted by molar-refractivity contribution is 6.04. The van der Waals surface area contributed by atoms with Gasteiger partial charge in [0.25, 0.3) is 5.91 Å². The Labute approximate surface area is 139 Å². The molecule has 6 nitrogen and oxygen atoms in total. The summed E-state index contributed by atoms with van der Waals surface area (Å²) < 4.78 is 10.6. The number of carboxylic acids is 1. The maximum absolute atomic E-state index is 12.3. The van der Waals surface area contributed by atoms with Gasteiger partial charge in [-0.1, -0.05) is 0 Å². The summed E-state index contributed by atoms with van der Waals surface area (Å²) in [5.74, 6) is -0.0104. The van der Waals surface area contributed by atoms with E-state index in [1.54, 1.807) is 24.3 Å². The molecule has 124 valence electrons. The average Bonchev–Trinajstić information content (AvgIpc) is 2.60. The van der Waals surface area contributed by atoms with E-state index in [9.17, 15) is 9.59 Å². The Hall–Kier alpha value is -3.02. The number of ether oxygens (including phenoxy) is 2. The van der Waals surface area contributed by atoms with Gasteiger partial charge >= 0.3 is 5.97 Å². The zero-order valence-electron chi connectivity index (χ0n) is 13.0. The summed E-state index contributed by atoms with van der Waals surface area (Å²) in [4.78, 5) is 22.7. The van der Waals surface area contributed by atoms with Gasteiger partial charge in [-0.05, 0) is 60.9 Å². The second-order valence-electron chi connectivity index (χ2n) is 5.44. The molecule has 0 radical (unpaired) electrons. The van der Waals surface area contributed by atoms with Crippen LogP contribution in [0.15, 0.2) is 42.5 Å². The Bertz CT molecular complexity index is 755. The Morgan fingerprint density at radius 2 is 1.96 bits per heavy atom. The van der Waals surface area contributed by atoms with E-state index in [0.29, 0.717) is 11.3 Å². The number of nitrogens with one attached hydrogen (secondary N) is 1. The topological polar surface area (TPSA) is 84.9 Å². The quantitative estimate of drug-likeness (QED) is 0.882. The van der Waals surface area contributed by atoms with Gasteiger partial charge in [-0.3, -0.25) is 4.79 Å². The summed E-state index contributed by atoms with van der Waals surface area (Å²) in [7, 11) is 0. The number of aryl methyl sites for hydroxylation is 1. The molecule has 0 saturated carbocycles. The monoisotopic (exact) mass is 327 g/mol. The fourth-order valence-corrected chi connectivity index (χ4v) is 2.49. The standard InChI is InChI=1S/C18H17NO5/c20-17(21)11-24-15-6-3-12(4-7-15)18(22)19-14-5-8-16-13(10-14)2-1-9-23-16/h3-8,10H,1-2,9,11H2,(H,19,22)(H,20,21). The molecule has 0 saturated heterocycles. The summed E-state index contributed by atoms with van der Waals surface area (Å²) in [6, 6.07) is 11.9. The lowest BCUT2D eigenvalue weighted by Crippen LogP contribution is -2.14. The number of rotatable bonds is 5. The Morgan fingerprint density at radius 3 is 2.71 bits per heavy atom. The van der Waals surface area contributed by atoms with E-state index in [4.69, 9.17) is 14.6 Å². The normalized spacial score (nSPS) is 12.7. The van der Waals surface area contributed by atoms with Crippen molar-refractivity contribution in [2.24, 2.45) is 0 Å². The molecule has 0 unspecified atom stereocenters. The van der Waals surface area contributed by atoms with E-state index in [2.05, 4.69) is 5.32 Å². The van der Waals surface area contributed by atoms with Gasteiger partial charge in [0.15, 0.2) is 6.61 Å². The number of hydrogen-bond acceptors (Lipinski definition) is 4. The molecule has 0 atom stereocenters. The summed E-state index contributed by atoms with van der Waals surface area (Å²) in [6.45, 7) is 0.317. The second-order valence-corrected chi connectivity index (χ2v) is 5.44. The van der Waals surface area contributed by atoms with Crippen molar-refractivity contribution in [3.8, 4) is 11.5 Å². The molecule has 2 aromatic carbocycles. The highest BCUT2D eigenvalue weighted by Crippen LogP contribution is 2.27. The van der Waals surface area contributed by atoms with Crippen LogP contribution in [-0.4, -0.2) is 30.2 Å². The lowest BCUT2D eigenvalue weighted by Gasteiger charge is -2.18. The molecule has 1 heterocycles. The maximum atomic E-state index is 12.3. The molecule has 0 spiro atoms. The van der Waals surface area contributed by atoms with Crippen LogP contribution in [0.3, 0.4) is 0 Å². The van der Waals surface area contributed by atoms with Gasteiger partial charge in [0.05, 0.1) is 6.61 Å². The molecular formula is C18H17NO5. The van der Waals surface area contributed by atoms with Gasteiger partial charge in [0.1, 0.15) is 11.5 Å². The first-order valence-corrected chi connectivity index (χ1v) is 7.63. The van der Waals surface area contributed by atoms with E-state index in [1.807, 2.05) is 18.2 Å². The third-order valence-electron chi connectivity index (χ3n) is 3.65. The Balaban J connectivity index is 1.65. The number of amides is 1. The van der Waals surface area contributed by atoms with Crippen molar-refractivity contribution in [2.45, 2.75) is 12.8 Å². The van der Waals surface area contributed by atoms with Gasteiger partial charge in [-0.25, -0.2) is 4.79 Å². The first kappa shape index (κ1) is 15.9. The maximum Gasteiger partial charge on any atom is 0.341 e. The van der Waals surface area contributed by atoms with Crippen molar-refractivity contribution in [2.75, 3.05) is 18.5 Å². The van der Waals surface area contributed by atoms with Crippen LogP contribution in [0.25, 0.3) is 0 Å². The zero-order valence-corrected chi connectivity index (χ0v) is 13.0. The number of fused-ring (bicyclic) bond motifs is 1. The molecule has 0 bridgehead atoms. The number of benzene rings is 2. The average molecular weight is 327 g/mol. The Morgan fingerprint density at radius 1 is 1.17 bits per heavy atom. The predicted octanol–water partition coefficient (Wildman–Crippen LogP) is 2.73. The molecule has 2 N–H and O–H groups in total. The number of hydrogen-bond donors (Lipinski definition) is 2. The number of aliphatic carboxylic acids is 1. The summed E-state index contributed by atoms with van der Waals surface area (Å²) in [5.41, 5.74) is 2.28. The van der Waals surface area contributed by atoms with Crippen molar-refractivity contribution in [1.82, 2.24) is 0 Å². The largest absolute Gasteiger partial charge is 0.493 e.